The monoisotopic (exact) mass is 288 g/mol. The predicted molar refractivity (Wildman–Crippen MR) is 85.4 cm³/mol. The topological polar surface area (TPSA) is 41.1 Å². The Kier molecular flexibility index (Phi) is 4.79. The second kappa shape index (κ2) is 6.57. The van der Waals surface area contributed by atoms with Crippen molar-refractivity contribution >= 4 is 22.9 Å². The fraction of sp³-hybridized carbons (Fsp3) is 0.312. The quantitative estimate of drug-likeness (QED) is 0.875. The van der Waals surface area contributed by atoms with E-state index in [-0.39, 0.29) is 11.9 Å². The molecule has 1 aromatic heterocycles. The van der Waals surface area contributed by atoms with Crippen molar-refractivity contribution in [3.63, 3.8) is 0 Å². The van der Waals surface area contributed by atoms with Crippen LogP contribution in [0, 0.1) is 5.92 Å². The summed E-state index contributed by atoms with van der Waals surface area (Å²) in [6, 6.07) is 11.6. The third-order valence-electron chi connectivity index (χ3n) is 3.24. The zero-order valence-electron chi connectivity index (χ0n) is 12.0. The zero-order valence-corrected chi connectivity index (χ0v) is 12.8. The largest absolute Gasteiger partial charge is 0.388 e. The lowest BCUT2D eigenvalue weighted by Gasteiger charge is -2.21. The van der Waals surface area contributed by atoms with E-state index in [9.17, 15) is 4.79 Å². The van der Waals surface area contributed by atoms with E-state index in [1.807, 2.05) is 42.8 Å². The van der Waals surface area contributed by atoms with Crippen LogP contribution >= 0.6 is 11.3 Å². The predicted octanol–water partition coefficient (Wildman–Crippen LogP) is 3.92. The fourth-order valence-electron chi connectivity index (χ4n) is 2.05. The third kappa shape index (κ3) is 3.39. The summed E-state index contributed by atoms with van der Waals surface area (Å²) < 4.78 is 0. The number of amides is 1. The molecule has 1 aromatic carbocycles. The summed E-state index contributed by atoms with van der Waals surface area (Å²) in [6.45, 7) is 4.24. The highest BCUT2D eigenvalue weighted by molar-refractivity contribution is 7.10. The first-order valence-electron chi connectivity index (χ1n) is 6.74. The summed E-state index contributed by atoms with van der Waals surface area (Å²) in [7, 11) is 1.86. The van der Waals surface area contributed by atoms with E-state index in [1.54, 1.807) is 11.3 Å². The van der Waals surface area contributed by atoms with E-state index in [4.69, 9.17) is 0 Å². The van der Waals surface area contributed by atoms with Gasteiger partial charge in [0.15, 0.2) is 0 Å². The molecule has 1 unspecified atom stereocenters. The van der Waals surface area contributed by atoms with Crippen LogP contribution in [0.25, 0.3) is 0 Å². The molecule has 0 aliphatic rings. The summed E-state index contributed by atoms with van der Waals surface area (Å²) in [4.78, 5) is 13.5. The van der Waals surface area contributed by atoms with Crippen molar-refractivity contribution in [1.82, 2.24) is 5.32 Å². The van der Waals surface area contributed by atoms with Crippen molar-refractivity contribution in [2.45, 2.75) is 19.9 Å². The molecule has 0 bridgehead atoms. The average molecular weight is 288 g/mol. The molecule has 0 aliphatic heterocycles. The van der Waals surface area contributed by atoms with Crippen molar-refractivity contribution in [3.8, 4) is 0 Å². The molecule has 0 aliphatic carbocycles. The molecule has 20 heavy (non-hydrogen) atoms. The smallest absolute Gasteiger partial charge is 0.251 e. The number of nitrogens with one attached hydrogen (secondary N) is 2. The molecular weight excluding hydrogens is 268 g/mol. The van der Waals surface area contributed by atoms with Crippen LogP contribution in [0.5, 0.6) is 0 Å². The maximum absolute atomic E-state index is 12.3. The SMILES string of the molecule is CNc1ccc(C(=O)NC(c2cccs2)C(C)C)cc1. The van der Waals surface area contributed by atoms with Crippen molar-refractivity contribution in [2.75, 3.05) is 12.4 Å². The van der Waals surface area contributed by atoms with Gasteiger partial charge in [0.05, 0.1) is 6.04 Å². The number of benzene rings is 1. The number of carbonyl (C=O) groups excluding carboxylic acids is 1. The number of thiophene rings is 1. The zero-order chi connectivity index (χ0) is 14.5. The molecule has 0 fully saturated rings. The third-order valence-corrected chi connectivity index (χ3v) is 4.19. The van der Waals surface area contributed by atoms with Gasteiger partial charge in [0.1, 0.15) is 0 Å². The average Bonchev–Trinajstić information content (AvgIpc) is 2.98. The van der Waals surface area contributed by atoms with Gasteiger partial charge in [-0.3, -0.25) is 4.79 Å². The van der Waals surface area contributed by atoms with E-state index < -0.39 is 0 Å². The Morgan fingerprint density at radius 3 is 2.35 bits per heavy atom. The van der Waals surface area contributed by atoms with E-state index in [1.165, 1.54) is 4.88 Å². The normalized spacial score (nSPS) is 12.2. The highest BCUT2D eigenvalue weighted by atomic mass is 32.1. The highest BCUT2D eigenvalue weighted by Gasteiger charge is 2.19. The highest BCUT2D eigenvalue weighted by Crippen LogP contribution is 2.26. The van der Waals surface area contributed by atoms with Gasteiger partial charge in [0.25, 0.3) is 5.91 Å². The second-order valence-corrected chi connectivity index (χ2v) is 6.02. The summed E-state index contributed by atoms with van der Waals surface area (Å²) in [6.07, 6.45) is 0. The Morgan fingerprint density at radius 2 is 1.85 bits per heavy atom. The van der Waals surface area contributed by atoms with Gasteiger partial charge in [-0.25, -0.2) is 0 Å². The van der Waals surface area contributed by atoms with Gasteiger partial charge < -0.3 is 10.6 Å². The molecule has 0 spiro atoms. The number of rotatable bonds is 5. The van der Waals surface area contributed by atoms with Crippen molar-refractivity contribution in [3.05, 3.63) is 52.2 Å². The molecule has 106 valence electrons. The maximum Gasteiger partial charge on any atom is 0.251 e. The van der Waals surface area contributed by atoms with Crippen molar-refractivity contribution in [1.29, 1.82) is 0 Å². The first-order chi connectivity index (χ1) is 9.61. The van der Waals surface area contributed by atoms with E-state index in [0.717, 1.165) is 5.69 Å². The fourth-order valence-corrected chi connectivity index (χ4v) is 3.00. The van der Waals surface area contributed by atoms with Crippen LogP contribution in [0.3, 0.4) is 0 Å². The second-order valence-electron chi connectivity index (χ2n) is 5.04. The Labute approximate surface area is 124 Å². The molecule has 3 nitrogen and oxygen atoms in total. The number of hydrogen-bond donors (Lipinski definition) is 2. The molecule has 0 radical (unpaired) electrons. The van der Waals surface area contributed by atoms with Gasteiger partial charge in [-0.05, 0) is 41.6 Å². The Balaban J connectivity index is 2.12. The minimum Gasteiger partial charge on any atom is -0.388 e. The van der Waals surface area contributed by atoms with Gasteiger partial charge in [-0.2, -0.15) is 0 Å². The van der Waals surface area contributed by atoms with Crippen LogP contribution < -0.4 is 10.6 Å². The number of carbonyl (C=O) groups is 1. The lowest BCUT2D eigenvalue weighted by Crippen LogP contribution is -2.31. The number of anilines is 1. The van der Waals surface area contributed by atoms with Crippen LogP contribution in [-0.2, 0) is 0 Å². The number of hydrogen-bond acceptors (Lipinski definition) is 3. The van der Waals surface area contributed by atoms with Crippen LogP contribution in [0.2, 0.25) is 0 Å². The minimum absolute atomic E-state index is 0.0280. The van der Waals surface area contributed by atoms with Crippen LogP contribution in [-0.4, -0.2) is 13.0 Å². The van der Waals surface area contributed by atoms with E-state index in [2.05, 4.69) is 30.5 Å². The lowest BCUT2D eigenvalue weighted by molar-refractivity contribution is 0.0926. The van der Waals surface area contributed by atoms with Crippen LogP contribution in [0.4, 0.5) is 5.69 Å². The van der Waals surface area contributed by atoms with Crippen LogP contribution in [0.1, 0.15) is 35.1 Å². The van der Waals surface area contributed by atoms with Crippen molar-refractivity contribution < 1.29 is 4.79 Å². The van der Waals surface area contributed by atoms with Gasteiger partial charge in [0.2, 0.25) is 0 Å². The van der Waals surface area contributed by atoms with Crippen LogP contribution in [0.15, 0.2) is 41.8 Å². The molecule has 0 saturated heterocycles. The van der Waals surface area contributed by atoms with E-state index in [0.29, 0.717) is 11.5 Å². The van der Waals surface area contributed by atoms with E-state index >= 15 is 0 Å². The molecule has 1 amide bonds. The van der Waals surface area contributed by atoms with Crippen molar-refractivity contribution in [2.24, 2.45) is 5.92 Å². The first-order valence-corrected chi connectivity index (χ1v) is 7.62. The standard InChI is InChI=1S/C16H20N2OS/c1-11(2)15(14-5-4-10-20-14)18-16(19)12-6-8-13(17-3)9-7-12/h4-11,15,17H,1-3H3,(H,18,19). The molecular formula is C16H20N2OS. The molecule has 1 atom stereocenters. The summed E-state index contributed by atoms with van der Waals surface area (Å²) in [5.74, 6) is 0.328. The minimum atomic E-state index is -0.0280. The molecule has 0 saturated carbocycles. The molecule has 4 heteroatoms. The van der Waals surface area contributed by atoms with Gasteiger partial charge in [0, 0.05) is 23.2 Å². The summed E-state index contributed by atoms with van der Waals surface area (Å²) >= 11 is 1.68. The first kappa shape index (κ1) is 14.6. The lowest BCUT2D eigenvalue weighted by atomic mass is 10.0. The molecule has 1 heterocycles. The Bertz CT molecular complexity index is 546. The molecule has 2 aromatic rings. The Morgan fingerprint density at radius 1 is 1.15 bits per heavy atom. The molecule has 2 rings (SSSR count). The van der Waals surface area contributed by atoms with Gasteiger partial charge >= 0.3 is 0 Å². The van der Waals surface area contributed by atoms with Gasteiger partial charge in [-0.1, -0.05) is 19.9 Å². The van der Waals surface area contributed by atoms with Gasteiger partial charge in [-0.15, -0.1) is 11.3 Å². The Hall–Kier alpha value is -1.81. The molecule has 2 N–H and O–H groups in total. The maximum atomic E-state index is 12.3. The summed E-state index contributed by atoms with van der Waals surface area (Å²) in [5, 5.41) is 8.21. The summed E-state index contributed by atoms with van der Waals surface area (Å²) in [5.41, 5.74) is 1.69.